The van der Waals surface area contributed by atoms with Gasteiger partial charge in [-0.3, -0.25) is 0 Å². The third kappa shape index (κ3) is 3.49. The van der Waals surface area contributed by atoms with Crippen LogP contribution >= 0.6 is 0 Å². The highest BCUT2D eigenvalue weighted by Crippen LogP contribution is 2.34. The van der Waals surface area contributed by atoms with Crippen molar-refractivity contribution in [2.24, 2.45) is 0 Å². The first kappa shape index (κ1) is 17.4. The summed E-state index contributed by atoms with van der Waals surface area (Å²) in [5.41, 5.74) is 0.334. The summed E-state index contributed by atoms with van der Waals surface area (Å²) in [5.74, 6) is 0.217. The first-order chi connectivity index (χ1) is 12.9. The molecule has 1 aliphatic rings. The molecule has 11 heteroatoms. The second-order valence-corrected chi connectivity index (χ2v) is 6.21. The van der Waals surface area contributed by atoms with Crippen LogP contribution in [-0.4, -0.2) is 31.8 Å². The van der Waals surface area contributed by atoms with Crippen molar-refractivity contribution in [3.05, 3.63) is 35.9 Å². The van der Waals surface area contributed by atoms with E-state index in [1.807, 2.05) is 0 Å². The van der Waals surface area contributed by atoms with Gasteiger partial charge in [0.25, 0.3) is 0 Å². The molecule has 0 N–H and O–H groups in total. The summed E-state index contributed by atoms with van der Waals surface area (Å²) in [6, 6.07) is 3.23. The number of aromatic nitrogens is 5. The molecule has 0 spiro atoms. The molecule has 4 rings (SSSR count). The maximum Gasteiger partial charge on any atom is 0.471 e. The number of piperidine rings is 1. The molecule has 8 nitrogen and oxygen atoms in total. The van der Waals surface area contributed by atoms with E-state index in [9.17, 15) is 13.2 Å². The third-order valence-corrected chi connectivity index (χ3v) is 4.30. The Labute approximate surface area is 151 Å². The van der Waals surface area contributed by atoms with Crippen LogP contribution in [0.3, 0.4) is 0 Å². The van der Waals surface area contributed by atoms with Crippen LogP contribution in [0.15, 0.2) is 27.4 Å². The topological polar surface area (TPSA) is 94.0 Å². The van der Waals surface area contributed by atoms with Crippen LogP contribution in [0.25, 0.3) is 11.4 Å². The second-order valence-electron chi connectivity index (χ2n) is 6.21. The highest BCUT2D eigenvalue weighted by Gasteiger charge is 2.38. The van der Waals surface area contributed by atoms with E-state index in [4.69, 9.17) is 4.52 Å². The molecule has 3 aromatic rings. The SMILES string of the molecule is Cc1noc(C2CCCCN2c2ccc(-c3noc(C(F)(F)F)n3)cn2)n1. The largest absolute Gasteiger partial charge is 0.471 e. The fourth-order valence-corrected chi connectivity index (χ4v) is 3.06. The Morgan fingerprint density at radius 2 is 1.96 bits per heavy atom. The van der Waals surface area contributed by atoms with Gasteiger partial charge in [0.1, 0.15) is 11.9 Å². The molecule has 0 aromatic carbocycles. The van der Waals surface area contributed by atoms with Gasteiger partial charge in [-0.1, -0.05) is 10.3 Å². The molecule has 142 valence electrons. The van der Waals surface area contributed by atoms with E-state index >= 15 is 0 Å². The third-order valence-electron chi connectivity index (χ3n) is 4.30. The second kappa shape index (κ2) is 6.63. The molecule has 0 aliphatic carbocycles. The number of hydrogen-bond acceptors (Lipinski definition) is 8. The lowest BCUT2D eigenvalue weighted by atomic mass is 10.0. The number of nitrogens with zero attached hydrogens (tertiary/aromatic N) is 6. The highest BCUT2D eigenvalue weighted by atomic mass is 19.4. The average Bonchev–Trinajstić information content (AvgIpc) is 3.31. The van der Waals surface area contributed by atoms with Crippen molar-refractivity contribution in [3.63, 3.8) is 0 Å². The number of hydrogen-bond donors (Lipinski definition) is 0. The monoisotopic (exact) mass is 380 g/mol. The average molecular weight is 380 g/mol. The van der Waals surface area contributed by atoms with Crippen LogP contribution in [0, 0.1) is 6.92 Å². The predicted molar refractivity (Wildman–Crippen MR) is 85.5 cm³/mol. The van der Waals surface area contributed by atoms with E-state index in [2.05, 4.69) is 34.7 Å². The number of halogens is 3. The Morgan fingerprint density at radius 1 is 1.11 bits per heavy atom. The molecular formula is C16H15F3N6O2. The molecular weight excluding hydrogens is 365 g/mol. The van der Waals surface area contributed by atoms with Crippen LogP contribution in [0.2, 0.25) is 0 Å². The summed E-state index contributed by atoms with van der Waals surface area (Å²) in [7, 11) is 0. The van der Waals surface area contributed by atoms with Crippen molar-refractivity contribution in [1.82, 2.24) is 25.3 Å². The van der Waals surface area contributed by atoms with Crippen LogP contribution in [0.1, 0.15) is 42.9 Å². The molecule has 1 aliphatic heterocycles. The maximum absolute atomic E-state index is 12.6. The van der Waals surface area contributed by atoms with Crippen LogP contribution in [-0.2, 0) is 6.18 Å². The van der Waals surface area contributed by atoms with Crippen molar-refractivity contribution < 1.29 is 22.2 Å². The lowest BCUT2D eigenvalue weighted by molar-refractivity contribution is -0.159. The van der Waals surface area contributed by atoms with Crippen LogP contribution in [0.5, 0.6) is 0 Å². The first-order valence-electron chi connectivity index (χ1n) is 8.36. The van der Waals surface area contributed by atoms with E-state index in [0.29, 0.717) is 23.1 Å². The Kier molecular flexibility index (Phi) is 4.28. The molecule has 0 saturated carbocycles. The zero-order valence-electron chi connectivity index (χ0n) is 14.3. The lowest BCUT2D eigenvalue weighted by Crippen LogP contribution is -2.34. The minimum Gasteiger partial charge on any atom is -0.345 e. The van der Waals surface area contributed by atoms with Crippen molar-refractivity contribution in [3.8, 4) is 11.4 Å². The van der Waals surface area contributed by atoms with Gasteiger partial charge in [-0.25, -0.2) is 4.98 Å². The first-order valence-corrected chi connectivity index (χ1v) is 8.36. The van der Waals surface area contributed by atoms with Crippen molar-refractivity contribution >= 4 is 5.82 Å². The normalized spacial score (nSPS) is 18.1. The van der Waals surface area contributed by atoms with Gasteiger partial charge in [0.05, 0.1) is 0 Å². The quantitative estimate of drug-likeness (QED) is 0.681. The van der Waals surface area contributed by atoms with Crippen molar-refractivity contribution in [1.29, 1.82) is 0 Å². The van der Waals surface area contributed by atoms with Crippen molar-refractivity contribution in [2.45, 2.75) is 38.4 Å². The van der Waals surface area contributed by atoms with Gasteiger partial charge >= 0.3 is 12.1 Å². The van der Waals surface area contributed by atoms with Crippen LogP contribution < -0.4 is 4.90 Å². The summed E-state index contributed by atoms with van der Waals surface area (Å²) < 4.78 is 47.3. The van der Waals surface area contributed by atoms with E-state index in [1.54, 1.807) is 19.1 Å². The minimum atomic E-state index is -4.68. The summed E-state index contributed by atoms with van der Waals surface area (Å²) in [4.78, 5) is 14.1. The number of aryl methyl sites for hydroxylation is 1. The number of pyridine rings is 1. The minimum absolute atomic E-state index is 0.0830. The molecule has 1 unspecified atom stereocenters. The maximum atomic E-state index is 12.6. The highest BCUT2D eigenvalue weighted by molar-refractivity contribution is 5.56. The van der Waals surface area contributed by atoms with E-state index in [-0.39, 0.29) is 11.9 Å². The Balaban J connectivity index is 1.58. The Morgan fingerprint density at radius 3 is 2.59 bits per heavy atom. The number of rotatable bonds is 3. The van der Waals surface area contributed by atoms with Gasteiger partial charge in [0.15, 0.2) is 5.82 Å². The molecule has 1 fully saturated rings. The van der Waals surface area contributed by atoms with Gasteiger partial charge in [-0.2, -0.15) is 23.1 Å². The van der Waals surface area contributed by atoms with Crippen LogP contribution in [0.4, 0.5) is 19.0 Å². The molecule has 4 heterocycles. The fourth-order valence-electron chi connectivity index (χ4n) is 3.06. The van der Waals surface area contributed by atoms with Gasteiger partial charge in [0, 0.05) is 18.3 Å². The smallest absolute Gasteiger partial charge is 0.345 e. The summed E-state index contributed by atoms with van der Waals surface area (Å²) >= 11 is 0. The summed E-state index contributed by atoms with van der Waals surface area (Å²) in [6.45, 7) is 2.52. The molecule has 1 saturated heterocycles. The lowest BCUT2D eigenvalue weighted by Gasteiger charge is -2.34. The van der Waals surface area contributed by atoms with E-state index in [1.165, 1.54) is 6.20 Å². The molecule has 0 bridgehead atoms. The molecule has 0 amide bonds. The molecule has 0 radical (unpaired) electrons. The van der Waals surface area contributed by atoms with Crippen molar-refractivity contribution in [2.75, 3.05) is 11.4 Å². The molecule has 27 heavy (non-hydrogen) atoms. The van der Waals surface area contributed by atoms with Gasteiger partial charge < -0.3 is 13.9 Å². The zero-order valence-corrected chi connectivity index (χ0v) is 14.3. The van der Waals surface area contributed by atoms with E-state index < -0.39 is 12.1 Å². The van der Waals surface area contributed by atoms with Gasteiger partial charge in [-0.05, 0) is 38.3 Å². The number of alkyl halides is 3. The zero-order chi connectivity index (χ0) is 19.0. The summed E-state index contributed by atoms with van der Waals surface area (Å²) in [6.07, 6.45) is -0.381. The van der Waals surface area contributed by atoms with E-state index in [0.717, 1.165) is 25.8 Å². The van der Waals surface area contributed by atoms with Gasteiger partial charge in [-0.15, -0.1) is 0 Å². The standard InChI is InChI=1S/C16H15F3N6O2/c1-9-21-14(26-23-9)11-4-2-3-7-25(11)12-6-5-10(8-20-12)13-22-15(27-24-13)16(17,18)19/h5-6,8,11H,2-4,7H2,1H3. The van der Waals surface area contributed by atoms with Gasteiger partial charge in [0.2, 0.25) is 11.7 Å². The molecule has 3 aromatic heterocycles. The Hall–Kier alpha value is -2.98. The Bertz CT molecular complexity index is 921. The summed E-state index contributed by atoms with van der Waals surface area (Å²) in [5, 5.41) is 7.21. The fraction of sp³-hybridized carbons (Fsp3) is 0.438. The predicted octanol–water partition coefficient (Wildman–Crippen LogP) is 3.57. The number of anilines is 1. The molecule has 1 atom stereocenters.